The van der Waals surface area contributed by atoms with Crippen LogP contribution in [0.15, 0.2) is 329 Å². The molecule has 390 valence electrons. The number of cyclic esters (lactones) is 2. The quantitative estimate of drug-likeness (QED) is 0.125. The molecule has 12 heteroatoms. The second kappa shape index (κ2) is 22.6. The van der Waals surface area contributed by atoms with E-state index in [1.54, 1.807) is 0 Å². The zero-order valence-corrected chi connectivity index (χ0v) is 43.8. The summed E-state index contributed by atoms with van der Waals surface area (Å²) in [5.41, 5.74) is 10.0. The van der Waals surface area contributed by atoms with Gasteiger partial charge in [0.2, 0.25) is 11.8 Å². The molecule has 0 aromatic heterocycles. The molecule has 0 saturated carbocycles. The highest BCUT2D eigenvalue weighted by Gasteiger charge is 2.51. The highest BCUT2D eigenvalue weighted by Crippen LogP contribution is 2.45. The molecule has 2 unspecified atom stereocenters. The minimum absolute atomic E-state index is 0.0800. The van der Waals surface area contributed by atoms with Crippen molar-refractivity contribution < 1.29 is 19.1 Å². The van der Waals surface area contributed by atoms with Crippen molar-refractivity contribution in [2.75, 3.05) is 0 Å². The summed E-state index contributed by atoms with van der Waals surface area (Å²) >= 11 is 0. The fourth-order valence-electron chi connectivity index (χ4n) is 10.2. The molecular weight excluding hydrogens is 1020 g/mol. The van der Waals surface area contributed by atoms with Gasteiger partial charge < -0.3 is 9.47 Å². The van der Waals surface area contributed by atoms with Gasteiger partial charge in [0.1, 0.15) is 22.8 Å². The molecule has 0 N–H and O–H groups in total. The van der Waals surface area contributed by atoms with Crippen LogP contribution in [-0.2, 0) is 19.1 Å². The summed E-state index contributed by atoms with van der Waals surface area (Å²) in [6.45, 7) is 0. The van der Waals surface area contributed by atoms with Gasteiger partial charge in [-0.15, -0.1) is 0 Å². The number of carbonyl (C=O) groups excluding carboxylic acids is 2. The van der Waals surface area contributed by atoms with Gasteiger partial charge in [-0.1, -0.05) is 170 Å². The van der Waals surface area contributed by atoms with Crippen molar-refractivity contribution in [2.45, 2.75) is 11.8 Å². The maximum Gasteiger partial charge on any atom is 0.342 e. The van der Waals surface area contributed by atoms with Gasteiger partial charge in [0, 0.05) is 0 Å². The Bertz CT molecular complexity index is 3960. The summed E-state index contributed by atoms with van der Waals surface area (Å²) in [7, 11) is 0. The smallest absolute Gasteiger partial charge is 0.342 e. The Morgan fingerprint density at radius 2 is 0.463 bits per heavy atom. The van der Waals surface area contributed by atoms with E-state index >= 15 is 9.59 Å². The van der Waals surface area contributed by atoms with Crippen molar-refractivity contribution in [3.05, 3.63) is 300 Å². The third-order valence-corrected chi connectivity index (χ3v) is 13.9. The van der Waals surface area contributed by atoms with Crippen molar-refractivity contribution in [3.63, 3.8) is 0 Å². The molecule has 13 rings (SSSR count). The van der Waals surface area contributed by atoms with Crippen LogP contribution in [0.4, 0.5) is 45.5 Å². The van der Waals surface area contributed by atoms with Crippen LogP contribution in [0, 0.1) is 0 Å². The summed E-state index contributed by atoms with van der Waals surface area (Å²) in [6.07, 6.45) is 0. The highest BCUT2D eigenvalue weighted by atomic mass is 16.6. The lowest BCUT2D eigenvalue weighted by Gasteiger charge is -2.29. The first-order chi connectivity index (χ1) is 40.5. The van der Waals surface area contributed by atoms with Gasteiger partial charge in [-0.2, -0.15) is 0 Å². The molecule has 0 radical (unpaired) electrons. The van der Waals surface area contributed by atoms with Gasteiger partial charge in [0.15, 0.2) is 0 Å². The number of hydrogen-bond donors (Lipinski definition) is 0. The van der Waals surface area contributed by atoms with Crippen LogP contribution in [0.3, 0.4) is 0 Å². The van der Waals surface area contributed by atoms with E-state index in [1.165, 1.54) is 0 Å². The SMILES string of the molecule is O=C1OC(=Nc2ccccc2)C2=C1C(c1ccc(C3C(=Nc4ccccc4)C(=Nc4ccccc4)C(=Nc4ccccc4)C4=C3C(=O)OC4=Nc3ccccc3)cc1)C(=Nc1ccccc1)C(=Nc1ccccc1)C2=Nc1ccccc1. The average Bonchev–Trinajstić information content (AvgIpc) is 4.24. The van der Waals surface area contributed by atoms with Crippen molar-refractivity contribution in [1.82, 2.24) is 0 Å². The van der Waals surface area contributed by atoms with Gasteiger partial charge in [-0.3, -0.25) is 9.98 Å². The van der Waals surface area contributed by atoms with Gasteiger partial charge in [-0.05, 0) is 108 Å². The second-order valence-electron chi connectivity index (χ2n) is 19.2. The molecular formula is C70H46N8O4. The van der Waals surface area contributed by atoms with Crippen LogP contribution in [0.1, 0.15) is 23.0 Å². The van der Waals surface area contributed by atoms with E-state index in [4.69, 9.17) is 49.4 Å². The minimum Gasteiger partial charge on any atom is -0.403 e. The average molecular weight is 1060 g/mol. The predicted octanol–water partition coefficient (Wildman–Crippen LogP) is 15.7. The van der Waals surface area contributed by atoms with E-state index in [1.807, 2.05) is 267 Å². The Labute approximate surface area is 472 Å². The molecule has 4 aliphatic rings. The third kappa shape index (κ3) is 10.3. The van der Waals surface area contributed by atoms with E-state index in [9.17, 15) is 0 Å². The van der Waals surface area contributed by atoms with Crippen molar-refractivity contribution in [2.24, 2.45) is 39.9 Å². The topological polar surface area (TPSA) is 151 Å². The summed E-state index contributed by atoms with van der Waals surface area (Å²) in [5, 5.41) is 0. The number of aliphatic imine (C=N–C) groups is 8. The lowest BCUT2D eigenvalue weighted by atomic mass is 9.73. The monoisotopic (exact) mass is 1060 g/mol. The second-order valence-corrected chi connectivity index (χ2v) is 19.2. The molecule has 9 aromatic carbocycles. The molecule has 0 fully saturated rings. The Hall–Kier alpha value is -11.2. The van der Waals surface area contributed by atoms with Gasteiger partial charge >= 0.3 is 11.9 Å². The fourth-order valence-corrected chi connectivity index (χ4v) is 10.2. The van der Waals surface area contributed by atoms with E-state index in [0.717, 1.165) is 0 Å². The summed E-state index contributed by atoms with van der Waals surface area (Å²) in [5.74, 6) is -2.84. The van der Waals surface area contributed by atoms with Crippen LogP contribution < -0.4 is 0 Å². The number of ether oxygens (including phenoxy) is 2. The maximum absolute atomic E-state index is 15.0. The molecule has 0 bridgehead atoms. The zero-order valence-electron chi connectivity index (χ0n) is 43.8. The predicted molar refractivity (Wildman–Crippen MR) is 326 cm³/mol. The fraction of sp³-hybridized carbons (Fsp3) is 0.0286. The normalized spacial score (nSPS) is 20.8. The molecule has 2 atom stereocenters. The standard InChI is InChI=1S/C70H46N8O4/c79-69-57-55(61(71-47-25-9-1-10-26-47)65(75-51-33-17-5-18-34-51)63(73-49-29-13-3-14-30-49)59(57)67(81-69)77-53-37-21-7-22-38-53)45-41-43-46(44-42-45)56-58-60(68(82-70(58)80)78-54-39-23-8-24-40-54)64(74-50-31-15-4-16-32-50)66(76-52-35-19-6-20-36-52)62(56)72-48-27-11-2-12-28-48/h1-44,55-56H. The lowest BCUT2D eigenvalue weighted by molar-refractivity contribution is -0.131. The van der Waals surface area contributed by atoms with Gasteiger partial charge in [0.05, 0.1) is 91.1 Å². The molecule has 0 spiro atoms. The number of benzene rings is 9. The van der Waals surface area contributed by atoms with E-state index in [-0.39, 0.29) is 22.9 Å². The van der Waals surface area contributed by atoms with E-state index in [0.29, 0.717) is 102 Å². The summed E-state index contributed by atoms with van der Waals surface area (Å²) in [4.78, 5) is 72.1. The molecule has 2 aliphatic heterocycles. The molecule has 12 nitrogen and oxygen atoms in total. The van der Waals surface area contributed by atoms with Gasteiger partial charge in [0.25, 0.3) is 0 Å². The number of para-hydroxylation sites is 8. The van der Waals surface area contributed by atoms with Crippen LogP contribution in [0.25, 0.3) is 0 Å². The van der Waals surface area contributed by atoms with Crippen molar-refractivity contribution in [3.8, 4) is 0 Å². The van der Waals surface area contributed by atoms with Crippen molar-refractivity contribution in [1.29, 1.82) is 0 Å². The van der Waals surface area contributed by atoms with Crippen LogP contribution in [0.5, 0.6) is 0 Å². The zero-order chi connectivity index (χ0) is 55.2. The first-order valence-corrected chi connectivity index (χ1v) is 26.6. The number of rotatable bonds is 10. The number of hydrogen-bond acceptors (Lipinski definition) is 12. The number of nitrogens with zero attached hydrogens (tertiary/aromatic N) is 8. The van der Waals surface area contributed by atoms with Crippen molar-refractivity contribution >= 4 is 104 Å². The molecule has 0 amide bonds. The first kappa shape index (κ1) is 50.3. The Balaban J connectivity index is 1.08. The first-order valence-electron chi connectivity index (χ1n) is 26.6. The largest absolute Gasteiger partial charge is 0.403 e. The maximum atomic E-state index is 15.0. The molecule has 0 saturated heterocycles. The number of carbonyl (C=O) groups is 2. The lowest BCUT2D eigenvalue weighted by Crippen LogP contribution is -2.39. The summed E-state index contributed by atoms with van der Waals surface area (Å²) < 4.78 is 12.6. The van der Waals surface area contributed by atoms with Gasteiger partial charge in [-0.25, -0.2) is 39.5 Å². The van der Waals surface area contributed by atoms with E-state index < -0.39 is 23.8 Å². The molecule has 2 aliphatic carbocycles. The third-order valence-electron chi connectivity index (χ3n) is 13.9. The molecule has 9 aromatic rings. The van der Waals surface area contributed by atoms with Crippen LogP contribution in [0.2, 0.25) is 0 Å². The molecule has 2 heterocycles. The Morgan fingerprint density at radius 3 is 0.720 bits per heavy atom. The highest BCUT2D eigenvalue weighted by molar-refractivity contribution is 6.78. The Kier molecular flexibility index (Phi) is 13.9. The number of esters is 2. The Morgan fingerprint density at radius 1 is 0.244 bits per heavy atom. The van der Waals surface area contributed by atoms with Crippen LogP contribution in [-0.4, -0.2) is 58.0 Å². The minimum atomic E-state index is -0.892. The molecule has 82 heavy (non-hydrogen) atoms. The van der Waals surface area contributed by atoms with Crippen LogP contribution >= 0.6 is 0 Å². The summed E-state index contributed by atoms with van der Waals surface area (Å²) in [6, 6.07) is 83.8. The van der Waals surface area contributed by atoms with E-state index in [2.05, 4.69) is 0 Å².